The van der Waals surface area contributed by atoms with Crippen LogP contribution in [0.2, 0.25) is 0 Å². The number of carbonyl (C=O) groups excluding carboxylic acids is 2. The van der Waals surface area contributed by atoms with Crippen molar-refractivity contribution in [2.24, 2.45) is 17.8 Å². The van der Waals surface area contributed by atoms with Gasteiger partial charge in [-0.05, 0) is 12.3 Å². The van der Waals surface area contributed by atoms with Crippen LogP contribution in [-0.4, -0.2) is 23.8 Å². The molecule has 1 saturated carbocycles. The van der Waals surface area contributed by atoms with Crippen LogP contribution in [0.4, 0.5) is 0 Å². The van der Waals surface area contributed by atoms with Crippen LogP contribution in [0, 0.1) is 17.8 Å². The molecule has 1 aromatic rings. The average molecular weight is 256 g/mol. The molecule has 3 aliphatic rings. The standard InChI is InChI=1S/C16H16O3/c1-2-8-13-11(7-12-16(8)19-12)14(17)9-5-3-4-6-10(9)15(13)18/h3-6,8,11-13,16H,2,7H2,1H3. The molecular weight excluding hydrogens is 240 g/mol. The fourth-order valence-corrected chi connectivity index (χ4v) is 4.05. The number of fused-ring (bicyclic) bond motifs is 3. The first-order valence-corrected chi connectivity index (χ1v) is 7.05. The third-order valence-electron chi connectivity index (χ3n) is 4.99. The van der Waals surface area contributed by atoms with Gasteiger partial charge in [0.15, 0.2) is 11.6 Å². The maximum absolute atomic E-state index is 12.7. The molecule has 3 nitrogen and oxygen atoms in total. The van der Waals surface area contributed by atoms with E-state index >= 15 is 0 Å². The minimum absolute atomic E-state index is 0.146. The Hall–Kier alpha value is -1.48. The fraction of sp³-hybridized carbons (Fsp3) is 0.500. The first kappa shape index (κ1) is 11.4. The third kappa shape index (κ3) is 1.42. The van der Waals surface area contributed by atoms with Gasteiger partial charge in [-0.3, -0.25) is 9.59 Å². The van der Waals surface area contributed by atoms with Gasteiger partial charge in [0.2, 0.25) is 0 Å². The van der Waals surface area contributed by atoms with E-state index in [2.05, 4.69) is 6.92 Å². The molecule has 98 valence electrons. The first-order chi connectivity index (χ1) is 9.22. The number of ketones is 2. The smallest absolute Gasteiger partial charge is 0.167 e. The SMILES string of the molecule is CCC1C2OC2CC2C(=O)c3ccccc3C(=O)C21. The maximum Gasteiger partial charge on any atom is 0.167 e. The van der Waals surface area contributed by atoms with Crippen molar-refractivity contribution in [1.29, 1.82) is 0 Å². The molecule has 1 aliphatic heterocycles. The van der Waals surface area contributed by atoms with E-state index in [-0.39, 0.29) is 41.5 Å². The van der Waals surface area contributed by atoms with Crippen LogP contribution in [0.25, 0.3) is 0 Å². The van der Waals surface area contributed by atoms with Crippen LogP contribution in [0.15, 0.2) is 24.3 Å². The summed E-state index contributed by atoms with van der Waals surface area (Å²) in [6.07, 6.45) is 2.07. The lowest BCUT2D eigenvalue weighted by Crippen LogP contribution is -2.45. The van der Waals surface area contributed by atoms with Crippen LogP contribution in [0.3, 0.4) is 0 Å². The number of Topliss-reactive ketones (excluding diaryl/α,β-unsaturated/α-hetero) is 2. The van der Waals surface area contributed by atoms with Crippen molar-refractivity contribution in [2.45, 2.75) is 32.0 Å². The van der Waals surface area contributed by atoms with Gasteiger partial charge in [-0.15, -0.1) is 0 Å². The summed E-state index contributed by atoms with van der Waals surface area (Å²) in [5.74, 6) is 0.203. The second-order valence-corrected chi connectivity index (χ2v) is 5.85. The van der Waals surface area contributed by atoms with E-state index < -0.39 is 0 Å². The predicted octanol–water partition coefficient (Wildman–Crippen LogP) is 2.50. The number of rotatable bonds is 1. The summed E-state index contributed by atoms with van der Waals surface area (Å²) in [5, 5.41) is 0. The zero-order valence-electron chi connectivity index (χ0n) is 10.8. The molecule has 2 aliphatic carbocycles. The van der Waals surface area contributed by atoms with E-state index in [0.29, 0.717) is 11.1 Å². The zero-order valence-corrected chi connectivity index (χ0v) is 10.8. The average Bonchev–Trinajstić information content (AvgIpc) is 3.21. The molecule has 0 bridgehead atoms. The van der Waals surface area contributed by atoms with Gasteiger partial charge in [0.05, 0.1) is 12.2 Å². The van der Waals surface area contributed by atoms with E-state index in [4.69, 9.17) is 4.74 Å². The minimum atomic E-state index is -0.156. The fourth-order valence-electron chi connectivity index (χ4n) is 4.05. The largest absolute Gasteiger partial charge is 0.369 e. The number of benzene rings is 1. The van der Waals surface area contributed by atoms with E-state index in [1.54, 1.807) is 12.1 Å². The maximum atomic E-state index is 12.7. The highest BCUT2D eigenvalue weighted by atomic mass is 16.6. The van der Waals surface area contributed by atoms with E-state index in [9.17, 15) is 9.59 Å². The van der Waals surface area contributed by atoms with Gasteiger partial charge in [0.1, 0.15) is 0 Å². The van der Waals surface area contributed by atoms with Crippen molar-refractivity contribution >= 4 is 11.6 Å². The summed E-state index contributed by atoms with van der Waals surface area (Å²) in [5.41, 5.74) is 1.23. The first-order valence-electron chi connectivity index (χ1n) is 7.05. The zero-order chi connectivity index (χ0) is 13.1. The lowest BCUT2D eigenvalue weighted by Gasteiger charge is -2.37. The van der Waals surface area contributed by atoms with Crippen molar-refractivity contribution in [3.63, 3.8) is 0 Å². The predicted molar refractivity (Wildman–Crippen MR) is 69.1 cm³/mol. The van der Waals surface area contributed by atoms with Gasteiger partial charge in [0, 0.05) is 23.0 Å². The molecule has 3 heteroatoms. The molecule has 0 spiro atoms. The Morgan fingerprint density at radius 1 is 1.16 bits per heavy atom. The summed E-state index contributed by atoms with van der Waals surface area (Å²) in [4.78, 5) is 25.3. The topological polar surface area (TPSA) is 46.7 Å². The van der Waals surface area contributed by atoms with Crippen molar-refractivity contribution < 1.29 is 14.3 Å². The molecule has 2 fully saturated rings. The Bertz CT molecular complexity index is 577. The molecule has 19 heavy (non-hydrogen) atoms. The quantitative estimate of drug-likeness (QED) is 0.725. The highest BCUT2D eigenvalue weighted by Crippen LogP contribution is 2.51. The van der Waals surface area contributed by atoms with Gasteiger partial charge in [-0.2, -0.15) is 0 Å². The molecule has 0 aromatic heterocycles. The molecule has 1 heterocycles. The minimum Gasteiger partial charge on any atom is -0.369 e. The normalized spacial score (nSPS) is 39.3. The Labute approximate surface area is 111 Å². The highest BCUT2D eigenvalue weighted by molar-refractivity contribution is 6.16. The highest BCUT2D eigenvalue weighted by Gasteiger charge is 2.59. The van der Waals surface area contributed by atoms with Gasteiger partial charge in [0.25, 0.3) is 0 Å². The summed E-state index contributed by atoms with van der Waals surface area (Å²) >= 11 is 0. The number of hydrogen-bond acceptors (Lipinski definition) is 3. The van der Waals surface area contributed by atoms with Crippen molar-refractivity contribution in [2.75, 3.05) is 0 Å². The van der Waals surface area contributed by atoms with Gasteiger partial charge in [-0.1, -0.05) is 37.6 Å². The molecule has 0 amide bonds. The van der Waals surface area contributed by atoms with Gasteiger partial charge < -0.3 is 4.74 Å². The van der Waals surface area contributed by atoms with Crippen LogP contribution in [0.5, 0.6) is 0 Å². The van der Waals surface area contributed by atoms with Gasteiger partial charge in [-0.25, -0.2) is 0 Å². The Kier molecular flexibility index (Phi) is 2.25. The van der Waals surface area contributed by atoms with E-state index in [0.717, 1.165) is 12.8 Å². The van der Waals surface area contributed by atoms with Crippen LogP contribution in [0.1, 0.15) is 40.5 Å². The number of carbonyl (C=O) groups is 2. The summed E-state index contributed by atoms with van der Waals surface area (Å²) in [6, 6.07) is 7.25. The number of hydrogen-bond donors (Lipinski definition) is 0. The molecule has 4 rings (SSSR count). The molecule has 0 radical (unpaired) electrons. The summed E-state index contributed by atoms with van der Waals surface area (Å²) < 4.78 is 5.66. The number of epoxide rings is 1. The molecule has 1 saturated heterocycles. The molecule has 5 atom stereocenters. The Morgan fingerprint density at radius 3 is 2.53 bits per heavy atom. The monoisotopic (exact) mass is 256 g/mol. The lowest BCUT2D eigenvalue weighted by molar-refractivity contribution is 0.0606. The second-order valence-electron chi connectivity index (χ2n) is 5.85. The molecule has 1 aromatic carbocycles. The summed E-state index contributed by atoms with van der Waals surface area (Å²) in [7, 11) is 0. The lowest BCUT2D eigenvalue weighted by atomic mass is 9.62. The van der Waals surface area contributed by atoms with Crippen molar-refractivity contribution in [1.82, 2.24) is 0 Å². The molecular formula is C16H16O3. The van der Waals surface area contributed by atoms with E-state index in [1.807, 2.05) is 12.1 Å². The third-order valence-corrected chi connectivity index (χ3v) is 4.99. The van der Waals surface area contributed by atoms with Crippen LogP contribution in [-0.2, 0) is 4.74 Å². The van der Waals surface area contributed by atoms with Crippen molar-refractivity contribution in [3.05, 3.63) is 35.4 Å². The molecule has 0 N–H and O–H groups in total. The van der Waals surface area contributed by atoms with Crippen molar-refractivity contribution in [3.8, 4) is 0 Å². The second kappa shape index (κ2) is 3.76. The van der Waals surface area contributed by atoms with Crippen LogP contribution < -0.4 is 0 Å². The van der Waals surface area contributed by atoms with Gasteiger partial charge >= 0.3 is 0 Å². The Morgan fingerprint density at radius 2 is 1.84 bits per heavy atom. The summed E-state index contributed by atoms with van der Waals surface area (Å²) in [6.45, 7) is 2.09. The Balaban J connectivity index is 1.84. The molecule has 5 unspecified atom stereocenters. The van der Waals surface area contributed by atoms with E-state index in [1.165, 1.54) is 0 Å². The number of ether oxygens (including phenoxy) is 1. The van der Waals surface area contributed by atoms with Crippen LogP contribution >= 0.6 is 0 Å².